The molecule has 7 nitrogen and oxygen atoms in total. The third-order valence-electron chi connectivity index (χ3n) is 4.93. The molecule has 3 amide bonds. The fraction of sp³-hybridized carbons (Fsp3) is 0.0417. The van der Waals surface area contributed by atoms with Crippen LogP contribution in [0.5, 0.6) is 5.75 Å². The summed E-state index contributed by atoms with van der Waals surface area (Å²) >= 11 is 18.3. The number of carbonyl (C=O) groups excluding carboxylic acids is 3. The molecule has 0 atom stereocenters. The number of ether oxygens (including phenoxy) is 1. The first-order chi connectivity index (χ1) is 16.3. The fourth-order valence-corrected chi connectivity index (χ4v) is 4.02. The molecule has 0 unspecified atom stereocenters. The Hall–Kier alpha value is -3.52. The van der Waals surface area contributed by atoms with Crippen LogP contribution in [-0.4, -0.2) is 24.8 Å². The van der Waals surface area contributed by atoms with Crippen LogP contribution in [-0.2, 0) is 9.59 Å². The topological polar surface area (TPSA) is 87.7 Å². The number of hydrogen-bond acceptors (Lipinski definition) is 5. The molecule has 2 N–H and O–H groups in total. The van der Waals surface area contributed by atoms with Gasteiger partial charge in [-0.05, 0) is 48.5 Å². The van der Waals surface area contributed by atoms with Crippen molar-refractivity contribution in [2.45, 2.75) is 0 Å². The second-order valence-corrected chi connectivity index (χ2v) is 8.31. The molecule has 0 fully saturated rings. The SMILES string of the molecule is COc1ccccc1NC(=O)c1cccc(NC2=C(Cl)C(=O)N(c3ccc(Cl)cc3Cl)C2=O)c1. The van der Waals surface area contributed by atoms with E-state index in [4.69, 9.17) is 39.5 Å². The van der Waals surface area contributed by atoms with Gasteiger partial charge in [-0.15, -0.1) is 0 Å². The zero-order chi connectivity index (χ0) is 24.4. The highest BCUT2D eigenvalue weighted by Crippen LogP contribution is 2.35. The summed E-state index contributed by atoms with van der Waals surface area (Å²) in [6.45, 7) is 0. The van der Waals surface area contributed by atoms with E-state index in [9.17, 15) is 14.4 Å². The highest BCUT2D eigenvalue weighted by molar-refractivity contribution is 6.54. The molecule has 10 heteroatoms. The summed E-state index contributed by atoms with van der Waals surface area (Å²) in [5.41, 5.74) is 1.21. The third-order valence-corrected chi connectivity index (χ3v) is 5.82. The van der Waals surface area contributed by atoms with Crippen LogP contribution in [0.25, 0.3) is 0 Å². The lowest BCUT2D eigenvalue weighted by Crippen LogP contribution is -2.32. The minimum atomic E-state index is -0.733. The monoisotopic (exact) mass is 515 g/mol. The van der Waals surface area contributed by atoms with Gasteiger partial charge in [0, 0.05) is 16.3 Å². The third kappa shape index (κ3) is 4.59. The van der Waals surface area contributed by atoms with Crippen molar-refractivity contribution in [3.63, 3.8) is 0 Å². The standard InChI is InChI=1S/C24H16Cl3N3O4/c1-34-19-8-3-2-7-17(19)29-22(31)13-5-4-6-15(11-13)28-21-20(27)23(32)30(24(21)33)18-10-9-14(25)12-16(18)26/h2-12,28H,1H3,(H,29,31). The van der Waals surface area contributed by atoms with Gasteiger partial charge >= 0.3 is 0 Å². The van der Waals surface area contributed by atoms with Gasteiger partial charge in [-0.2, -0.15) is 0 Å². The minimum absolute atomic E-state index is 0.120. The predicted molar refractivity (Wildman–Crippen MR) is 133 cm³/mol. The number of anilines is 3. The van der Waals surface area contributed by atoms with Gasteiger partial charge in [0.1, 0.15) is 16.5 Å². The van der Waals surface area contributed by atoms with Crippen LogP contribution in [0, 0.1) is 0 Å². The zero-order valence-corrected chi connectivity index (χ0v) is 19.8. The Balaban J connectivity index is 1.56. The van der Waals surface area contributed by atoms with Gasteiger partial charge in [0.25, 0.3) is 17.7 Å². The molecule has 1 heterocycles. The van der Waals surface area contributed by atoms with Gasteiger partial charge in [-0.3, -0.25) is 14.4 Å². The van der Waals surface area contributed by atoms with Gasteiger partial charge in [0.2, 0.25) is 0 Å². The number of hydrogen-bond donors (Lipinski definition) is 2. The Morgan fingerprint density at radius 3 is 2.41 bits per heavy atom. The summed E-state index contributed by atoms with van der Waals surface area (Å²) in [5, 5.41) is 5.79. The van der Waals surface area contributed by atoms with E-state index in [0.29, 0.717) is 27.7 Å². The van der Waals surface area contributed by atoms with Crippen LogP contribution in [0.4, 0.5) is 17.1 Å². The molecule has 0 bridgehead atoms. The van der Waals surface area contributed by atoms with Crippen LogP contribution < -0.4 is 20.3 Å². The van der Waals surface area contributed by atoms with E-state index in [-0.39, 0.29) is 21.4 Å². The Kier molecular flexibility index (Phi) is 6.79. The van der Waals surface area contributed by atoms with Crippen molar-refractivity contribution < 1.29 is 19.1 Å². The summed E-state index contributed by atoms with van der Waals surface area (Å²) in [6.07, 6.45) is 0. The maximum atomic E-state index is 13.0. The number of carbonyl (C=O) groups is 3. The van der Waals surface area contributed by atoms with Gasteiger partial charge in [0.15, 0.2) is 0 Å². The van der Waals surface area contributed by atoms with Crippen LogP contribution in [0.2, 0.25) is 10.0 Å². The predicted octanol–water partition coefficient (Wildman–Crippen LogP) is 5.69. The molecule has 0 aromatic heterocycles. The van der Waals surface area contributed by atoms with Crippen LogP contribution in [0.1, 0.15) is 10.4 Å². The highest BCUT2D eigenvalue weighted by Gasteiger charge is 2.39. The normalized spacial score (nSPS) is 13.4. The Labute approximate surface area is 209 Å². The molecule has 0 saturated carbocycles. The largest absolute Gasteiger partial charge is 0.495 e. The van der Waals surface area contributed by atoms with Crippen molar-refractivity contribution in [3.05, 3.63) is 93.1 Å². The van der Waals surface area contributed by atoms with Crippen LogP contribution in [0.15, 0.2) is 77.5 Å². The molecule has 0 saturated heterocycles. The Morgan fingerprint density at radius 2 is 1.68 bits per heavy atom. The Bertz CT molecular complexity index is 1360. The van der Waals surface area contributed by atoms with E-state index in [1.165, 1.54) is 31.4 Å². The molecule has 4 rings (SSSR count). The second kappa shape index (κ2) is 9.77. The number of nitrogens with one attached hydrogen (secondary N) is 2. The Morgan fingerprint density at radius 1 is 0.912 bits per heavy atom. The number of rotatable bonds is 6. The number of methoxy groups -OCH3 is 1. The summed E-state index contributed by atoms with van der Waals surface area (Å²) < 4.78 is 5.25. The van der Waals surface area contributed by atoms with Crippen LogP contribution in [0.3, 0.4) is 0 Å². The number of benzene rings is 3. The van der Waals surface area contributed by atoms with E-state index in [0.717, 1.165) is 4.90 Å². The molecular weight excluding hydrogens is 501 g/mol. The highest BCUT2D eigenvalue weighted by atomic mass is 35.5. The average Bonchev–Trinajstić information content (AvgIpc) is 3.03. The smallest absolute Gasteiger partial charge is 0.283 e. The van der Waals surface area contributed by atoms with Crippen molar-refractivity contribution in [3.8, 4) is 5.75 Å². The van der Waals surface area contributed by atoms with Crippen molar-refractivity contribution in [2.75, 3.05) is 22.6 Å². The average molecular weight is 517 g/mol. The molecule has 172 valence electrons. The first-order valence-corrected chi connectivity index (χ1v) is 11.0. The van der Waals surface area contributed by atoms with Crippen LogP contribution >= 0.6 is 34.8 Å². The van der Waals surface area contributed by atoms with E-state index in [1.54, 1.807) is 42.5 Å². The molecule has 1 aliphatic rings. The lowest BCUT2D eigenvalue weighted by atomic mass is 10.1. The molecule has 34 heavy (non-hydrogen) atoms. The van der Waals surface area contributed by atoms with E-state index >= 15 is 0 Å². The van der Waals surface area contributed by atoms with E-state index in [1.807, 2.05) is 0 Å². The van der Waals surface area contributed by atoms with Crippen molar-refractivity contribution in [2.24, 2.45) is 0 Å². The lowest BCUT2D eigenvalue weighted by Gasteiger charge is -2.17. The number of amides is 3. The molecule has 3 aromatic rings. The number of para-hydroxylation sites is 2. The minimum Gasteiger partial charge on any atom is -0.495 e. The maximum Gasteiger partial charge on any atom is 0.283 e. The van der Waals surface area contributed by atoms with Gasteiger partial charge in [0.05, 0.1) is 23.5 Å². The first-order valence-electron chi connectivity index (χ1n) is 9.85. The molecule has 0 radical (unpaired) electrons. The summed E-state index contributed by atoms with van der Waals surface area (Å²) in [5.74, 6) is -1.30. The van der Waals surface area contributed by atoms with E-state index < -0.39 is 17.7 Å². The molecule has 0 spiro atoms. The number of halogens is 3. The second-order valence-electron chi connectivity index (χ2n) is 7.09. The van der Waals surface area contributed by atoms with Gasteiger partial charge < -0.3 is 15.4 Å². The summed E-state index contributed by atoms with van der Waals surface area (Å²) in [4.78, 5) is 39.3. The molecule has 1 aliphatic heterocycles. The van der Waals surface area contributed by atoms with Crippen molar-refractivity contribution >= 4 is 69.6 Å². The maximum absolute atomic E-state index is 13.0. The lowest BCUT2D eigenvalue weighted by molar-refractivity contribution is -0.120. The molecule has 3 aromatic carbocycles. The first kappa shape index (κ1) is 23.6. The quantitative estimate of drug-likeness (QED) is 0.411. The fourth-order valence-electron chi connectivity index (χ4n) is 3.32. The number of imide groups is 1. The van der Waals surface area contributed by atoms with Crippen molar-refractivity contribution in [1.82, 2.24) is 0 Å². The summed E-state index contributed by atoms with van der Waals surface area (Å²) in [6, 6.07) is 17.8. The number of nitrogens with zero attached hydrogens (tertiary/aromatic N) is 1. The van der Waals surface area contributed by atoms with E-state index in [2.05, 4.69) is 10.6 Å². The molecular formula is C24H16Cl3N3O4. The van der Waals surface area contributed by atoms with Crippen molar-refractivity contribution in [1.29, 1.82) is 0 Å². The van der Waals surface area contributed by atoms with Gasteiger partial charge in [-0.25, -0.2) is 4.90 Å². The van der Waals surface area contributed by atoms with Gasteiger partial charge in [-0.1, -0.05) is 53.0 Å². The summed E-state index contributed by atoms with van der Waals surface area (Å²) in [7, 11) is 1.51. The zero-order valence-electron chi connectivity index (χ0n) is 17.6. The molecule has 0 aliphatic carbocycles.